The Balaban J connectivity index is 2.35. The quantitative estimate of drug-likeness (QED) is 0.782. The monoisotopic (exact) mass is 207 g/mol. The molecule has 2 rings (SSSR count). The van der Waals surface area contributed by atoms with Gasteiger partial charge in [0.1, 0.15) is 5.39 Å². The molecule has 0 bridgehead atoms. The Morgan fingerprint density at radius 2 is 2.27 bits per heavy atom. The highest BCUT2D eigenvalue weighted by Crippen LogP contribution is 2.21. The van der Waals surface area contributed by atoms with Crippen LogP contribution in [-0.2, 0) is 0 Å². The van der Waals surface area contributed by atoms with E-state index in [0.29, 0.717) is 24.1 Å². The Morgan fingerprint density at radius 3 is 3.00 bits per heavy atom. The summed E-state index contributed by atoms with van der Waals surface area (Å²) in [7, 11) is 0. The van der Waals surface area contributed by atoms with Gasteiger partial charge < -0.3 is 10.5 Å². The Bertz CT molecular complexity index is 464. The number of fused-ring (bicyclic) bond motifs is 1. The fourth-order valence-corrected chi connectivity index (χ4v) is 1.18. The topological polar surface area (TPSA) is 89.7 Å². The first-order valence-electron chi connectivity index (χ1n) is 4.76. The van der Waals surface area contributed by atoms with Crippen LogP contribution in [0.1, 0.15) is 13.8 Å². The van der Waals surface area contributed by atoms with Gasteiger partial charge in [0, 0.05) is 0 Å². The van der Waals surface area contributed by atoms with E-state index in [1.165, 1.54) is 0 Å². The second-order valence-electron chi connectivity index (χ2n) is 3.72. The first-order valence-corrected chi connectivity index (χ1v) is 4.76. The van der Waals surface area contributed by atoms with E-state index in [-0.39, 0.29) is 5.95 Å². The SMILES string of the molecule is CC(C)COc1nc(N)nc2[nH]ncc12. The molecule has 0 unspecified atom stereocenters. The summed E-state index contributed by atoms with van der Waals surface area (Å²) >= 11 is 0. The number of hydrogen-bond donors (Lipinski definition) is 2. The van der Waals surface area contributed by atoms with E-state index in [2.05, 4.69) is 34.0 Å². The van der Waals surface area contributed by atoms with Crippen LogP contribution in [0.4, 0.5) is 5.95 Å². The van der Waals surface area contributed by atoms with Crippen molar-refractivity contribution in [2.75, 3.05) is 12.3 Å². The third-order valence-corrected chi connectivity index (χ3v) is 1.85. The summed E-state index contributed by atoms with van der Waals surface area (Å²) in [6.07, 6.45) is 1.63. The van der Waals surface area contributed by atoms with Crippen LogP contribution >= 0.6 is 0 Å². The van der Waals surface area contributed by atoms with E-state index in [4.69, 9.17) is 10.5 Å². The fraction of sp³-hybridized carbons (Fsp3) is 0.444. The summed E-state index contributed by atoms with van der Waals surface area (Å²) in [5.41, 5.74) is 6.14. The molecule has 0 atom stereocenters. The lowest BCUT2D eigenvalue weighted by molar-refractivity contribution is 0.265. The molecule has 0 saturated carbocycles. The van der Waals surface area contributed by atoms with Gasteiger partial charge in [0.05, 0.1) is 12.8 Å². The minimum absolute atomic E-state index is 0.186. The number of nitrogen functional groups attached to an aromatic ring is 1. The zero-order chi connectivity index (χ0) is 10.8. The number of ether oxygens (including phenoxy) is 1. The number of aromatic amines is 1. The summed E-state index contributed by atoms with van der Waals surface area (Å²) in [5.74, 6) is 1.11. The molecule has 0 aromatic carbocycles. The van der Waals surface area contributed by atoms with Gasteiger partial charge in [-0.25, -0.2) is 0 Å². The van der Waals surface area contributed by atoms with Crippen molar-refractivity contribution < 1.29 is 4.74 Å². The molecule has 2 aromatic heterocycles. The maximum Gasteiger partial charge on any atom is 0.229 e. The average molecular weight is 207 g/mol. The molecular formula is C9H13N5O. The van der Waals surface area contributed by atoms with E-state index in [9.17, 15) is 0 Å². The number of aromatic nitrogens is 4. The summed E-state index contributed by atoms with van der Waals surface area (Å²) in [4.78, 5) is 8.02. The predicted molar refractivity (Wildman–Crippen MR) is 56.4 cm³/mol. The average Bonchev–Trinajstić information content (AvgIpc) is 2.61. The van der Waals surface area contributed by atoms with Crippen LogP contribution in [0.3, 0.4) is 0 Å². The minimum atomic E-state index is 0.186. The van der Waals surface area contributed by atoms with E-state index in [1.54, 1.807) is 6.20 Å². The maximum atomic E-state index is 5.54. The molecule has 0 spiro atoms. The van der Waals surface area contributed by atoms with Crippen molar-refractivity contribution in [2.24, 2.45) is 5.92 Å². The molecule has 2 aromatic rings. The molecule has 3 N–H and O–H groups in total. The van der Waals surface area contributed by atoms with Crippen LogP contribution in [-0.4, -0.2) is 26.8 Å². The van der Waals surface area contributed by atoms with E-state index in [0.717, 1.165) is 5.39 Å². The Morgan fingerprint density at radius 1 is 1.47 bits per heavy atom. The van der Waals surface area contributed by atoms with Crippen molar-refractivity contribution in [3.63, 3.8) is 0 Å². The molecule has 0 amide bonds. The highest BCUT2D eigenvalue weighted by Gasteiger charge is 2.09. The normalized spacial score (nSPS) is 11.1. The minimum Gasteiger partial charge on any atom is -0.477 e. The first kappa shape index (κ1) is 9.70. The van der Waals surface area contributed by atoms with E-state index >= 15 is 0 Å². The summed E-state index contributed by atoms with van der Waals surface area (Å²) < 4.78 is 5.53. The molecule has 0 aliphatic carbocycles. The number of nitrogens with zero attached hydrogens (tertiary/aromatic N) is 3. The largest absolute Gasteiger partial charge is 0.477 e. The van der Waals surface area contributed by atoms with Crippen LogP contribution in [0, 0.1) is 5.92 Å². The third kappa shape index (κ3) is 1.98. The summed E-state index contributed by atoms with van der Waals surface area (Å²) in [6, 6.07) is 0. The Kier molecular flexibility index (Phi) is 2.40. The number of nitrogens with two attached hydrogens (primary N) is 1. The highest BCUT2D eigenvalue weighted by molar-refractivity contribution is 5.80. The first-order chi connectivity index (χ1) is 7.16. The smallest absolute Gasteiger partial charge is 0.229 e. The van der Waals surface area contributed by atoms with Crippen LogP contribution in [0.15, 0.2) is 6.20 Å². The van der Waals surface area contributed by atoms with Gasteiger partial charge in [0.25, 0.3) is 0 Å². The summed E-state index contributed by atoms with van der Waals surface area (Å²) in [5, 5.41) is 7.35. The van der Waals surface area contributed by atoms with Crippen molar-refractivity contribution in [1.82, 2.24) is 20.2 Å². The van der Waals surface area contributed by atoms with Gasteiger partial charge in [-0.3, -0.25) is 5.10 Å². The number of anilines is 1. The molecule has 2 heterocycles. The van der Waals surface area contributed by atoms with Gasteiger partial charge in [-0.1, -0.05) is 13.8 Å². The zero-order valence-electron chi connectivity index (χ0n) is 8.69. The molecular weight excluding hydrogens is 194 g/mol. The summed E-state index contributed by atoms with van der Waals surface area (Å²) in [6.45, 7) is 4.73. The molecule has 6 heteroatoms. The van der Waals surface area contributed by atoms with Crippen molar-refractivity contribution in [2.45, 2.75) is 13.8 Å². The molecule has 15 heavy (non-hydrogen) atoms. The standard InChI is InChI=1S/C9H13N5O/c1-5(2)4-15-8-6-3-11-14-7(6)12-9(10)13-8/h3,5H,4H2,1-2H3,(H3,10,11,12,13,14). The van der Waals surface area contributed by atoms with Gasteiger partial charge in [-0.15, -0.1) is 0 Å². The van der Waals surface area contributed by atoms with Gasteiger partial charge in [-0.2, -0.15) is 15.1 Å². The van der Waals surface area contributed by atoms with Crippen LogP contribution in [0.25, 0.3) is 11.0 Å². The number of H-pyrrole nitrogens is 1. The zero-order valence-corrected chi connectivity index (χ0v) is 8.69. The molecule has 6 nitrogen and oxygen atoms in total. The van der Waals surface area contributed by atoms with Crippen molar-refractivity contribution in [3.05, 3.63) is 6.20 Å². The fourth-order valence-electron chi connectivity index (χ4n) is 1.18. The van der Waals surface area contributed by atoms with Gasteiger partial charge in [-0.05, 0) is 5.92 Å². The van der Waals surface area contributed by atoms with Crippen molar-refractivity contribution in [3.8, 4) is 5.88 Å². The van der Waals surface area contributed by atoms with Gasteiger partial charge in [0.2, 0.25) is 11.8 Å². The van der Waals surface area contributed by atoms with Gasteiger partial charge >= 0.3 is 0 Å². The van der Waals surface area contributed by atoms with Gasteiger partial charge in [0.15, 0.2) is 5.65 Å². The van der Waals surface area contributed by atoms with Crippen molar-refractivity contribution in [1.29, 1.82) is 0 Å². The third-order valence-electron chi connectivity index (χ3n) is 1.85. The Hall–Kier alpha value is -1.85. The number of nitrogens with one attached hydrogen (secondary N) is 1. The van der Waals surface area contributed by atoms with Crippen LogP contribution < -0.4 is 10.5 Å². The number of rotatable bonds is 3. The molecule has 0 fully saturated rings. The Labute approximate surface area is 86.9 Å². The lowest BCUT2D eigenvalue weighted by Crippen LogP contribution is -2.07. The highest BCUT2D eigenvalue weighted by atomic mass is 16.5. The lowest BCUT2D eigenvalue weighted by atomic mass is 10.2. The maximum absolute atomic E-state index is 5.54. The van der Waals surface area contributed by atoms with E-state index < -0.39 is 0 Å². The second kappa shape index (κ2) is 3.72. The predicted octanol–water partition coefficient (Wildman–Crippen LogP) is 0.970. The molecule has 0 radical (unpaired) electrons. The molecule has 80 valence electrons. The van der Waals surface area contributed by atoms with Crippen molar-refractivity contribution >= 4 is 17.0 Å². The van der Waals surface area contributed by atoms with Crippen LogP contribution in [0.5, 0.6) is 5.88 Å². The van der Waals surface area contributed by atoms with Crippen LogP contribution in [0.2, 0.25) is 0 Å². The molecule has 0 saturated heterocycles. The molecule has 0 aliphatic heterocycles. The number of hydrogen-bond acceptors (Lipinski definition) is 5. The van der Waals surface area contributed by atoms with E-state index in [1.807, 2.05) is 0 Å². The lowest BCUT2D eigenvalue weighted by Gasteiger charge is -2.08. The second-order valence-corrected chi connectivity index (χ2v) is 3.72. The molecule has 0 aliphatic rings.